The van der Waals surface area contributed by atoms with E-state index < -0.39 is 0 Å². The van der Waals surface area contributed by atoms with E-state index in [1.54, 1.807) is 35.1 Å². The van der Waals surface area contributed by atoms with Gasteiger partial charge < -0.3 is 5.73 Å². The second kappa shape index (κ2) is 4.36. The van der Waals surface area contributed by atoms with Crippen LogP contribution in [0, 0.1) is 0 Å². The molecule has 0 radical (unpaired) electrons. The Hall–Kier alpha value is -2.41. The zero-order chi connectivity index (χ0) is 13.4. The van der Waals surface area contributed by atoms with Gasteiger partial charge in [-0.05, 0) is 22.6 Å². The Morgan fingerprint density at radius 3 is 2.79 bits per heavy atom. The molecule has 0 fully saturated rings. The molecule has 0 spiro atoms. The topological polar surface area (TPSA) is 87.4 Å². The van der Waals surface area contributed by atoms with Crippen LogP contribution in [0.1, 0.15) is 0 Å². The molecule has 0 aliphatic heterocycles. The number of aromatic nitrogens is 6. The van der Waals surface area contributed by atoms with Crippen LogP contribution in [-0.2, 0) is 7.05 Å². The number of tetrazole rings is 1. The van der Waals surface area contributed by atoms with E-state index in [-0.39, 0.29) is 0 Å². The second-order valence-corrected chi connectivity index (χ2v) is 4.37. The predicted octanol–water partition coefficient (Wildman–Crippen LogP) is 1.30. The van der Waals surface area contributed by atoms with E-state index >= 15 is 0 Å². The first-order valence-electron chi connectivity index (χ1n) is 5.49. The molecule has 2 N–H and O–H groups in total. The highest BCUT2D eigenvalue weighted by molar-refractivity contribution is 6.33. The number of nitrogens with zero attached hydrogens (tertiary/aromatic N) is 6. The molecule has 19 heavy (non-hydrogen) atoms. The van der Waals surface area contributed by atoms with E-state index in [1.165, 1.54) is 4.68 Å². The van der Waals surface area contributed by atoms with Crippen LogP contribution >= 0.6 is 11.6 Å². The van der Waals surface area contributed by atoms with Crippen LogP contribution in [0.15, 0.2) is 30.5 Å². The third-order valence-electron chi connectivity index (χ3n) is 2.66. The van der Waals surface area contributed by atoms with Gasteiger partial charge in [0.25, 0.3) is 0 Å². The number of halogens is 1. The van der Waals surface area contributed by atoms with Crippen molar-refractivity contribution in [1.29, 1.82) is 0 Å². The van der Waals surface area contributed by atoms with Crippen molar-refractivity contribution in [3.63, 3.8) is 0 Å². The summed E-state index contributed by atoms with van der Waals surface area (Å²) in [5.74, 6) is 1.06. The van der Waals surface area contributed by atoms with Gasteiger partial charge in [-0.25, -0.2) is 0 Å². The molecule has 0 saturated heterocycles. The average molecular weight is 276 g/mol. The van der Waals surface area contributed by atoms with Crippen LogP contribution in [-0.4, -0.2) is 30.0 Å². The third kappa shape index (κ3) is 1.93. The lowest BCUT2D eigenvalue weighted by molar-refractivity contribution is 0.715. The molecule has 0 bridgehead atoms. The van der Waals surface area contributed by atoms with Crippen LogP contribution < -0.4 is 5.73 Å². The number of aryl methyl sites for hydroxylation is 1. The van der Waals surface area contributed by atoms with Gasteiger partial charge in [-0.2, -0.15) is 9.78 Å². The summed E-state index contributed by atoms with van der Waals surface area (Å²) in [6, 6.07) is 7.06. The van der Waals surface area contributed by atoms with Gasteiger partial charge in [0.05, 0.1) is 10.6 Å². The van der Waals surface area contributed by atoms with Crippen LogP contribution in [0.2, 0.25) is 5.02 Å². The minimum absolute atomic E-state index is 0.460. The summed E-state index contributed by atoms with van der Waals surface area (Å²) < 4.78 is 3.16. The number of hydrogen-bond donors (Lipinski definition) is 1. The SMILES string of the molecule is Cn1ccc(-n2nnnc2-c2c(N)cccc2Cl)n1. The number of hydrogen-bond acceptors (Lipinski definition) is 5. The summed E-state index contributed by atoms with van der Waals surface area (Å²) in [5, 5.41) is 16.3. The van der Waals surface area contributed by atoms with E-state index in [0.29, 0.717) is 27.9 Å². The molecule has 3 aromatic rings. The lowest BCUT2D eigenvalue weighted by Crippen LogP contribution is -2.03. The smallest absolute Gasteiger partial charge is 0.192 e. The van der Waals surface area contributed by atoms with Crippen LogP contribution in [0.25, 0.3) is 17.2 Å². The molecule has 1 aromatic carbocycles. The van der Waals surface area contributed by atoms with Crippen LogP contribution in [0.5, 0.6) is 0 Å². The van der Waals surface area contributed by atoms with Gasteiger partial charge in [0.2, 0.25) is 0 Å². The van der Waals surface area contributed by atoms with Gasteiger partial charge in [-0.1, -0.05) is 17.7 Å². The molecule has 0 amide bonds. The van der Waals surface area contributed by atoms with Gasteiger partial charge in [0.1, 0.15) is 0 Å². The van der Waals surface area contributed by atoms with Crippen LogP contribution in [0.4, 0.5) is 5.69 Å². The van der Waals surface area contributed by atoms with Crippen molar-refractivity contribution in [1.82, 2.24) is 30.0 Å². The highest BCUT2D eigenvalue weighted by atomic mass is 35.5. The van der Waals surface area contributed by atoms with Crippen molar-refractivity contribution < 1.29 is 0 Å². The maximum Gasteiger partial charge on any atom is 0.192 e. The lowest BCUT2D eigenvalue weighted by Gasteiger charge is -2.06. The highest BCUT2D eigenvalue weighted by Crippen LogP contribution is 2.31. The summed E-state index contributed by atoms with van der Waals surface area (Å²) in [6.45, 7) is 0. The number of rotatable bonds is 2. The molecule has 0 unspecified atom stereocenters. The minimum Gasteiger partial charge on any atom is -0.398 e. The number of nitrogens with two attached hydrogens (primary N) is 1. The van der Waals surface area contributed by atoms with E-state index in [9.17, 15) is 0 Å². The third-order valence-corrected chi connectivity index (χ3v) is 2.97. The quantitative estimate of drug-likeness (QED) is 0.712. The Morgan fingerprint density at radius 1 is 1.26 bits per heavy atom. The number of nitrogen functional groups attached to an aromatic ring is 1. The fourth-order valence-electron chi connectivity index (χ4n) is 1.79. The molecule has 2 aromatic heterocycles. The fourth-order valence-corrected chi connectivity index (χ4v) is 2.06. The first kappa shape index (κ1) is 11.7. The number of anilines is 1. The molecular weight excluding hydrogens is 266 g/mol. The van der Waals surface area contributed by atoms with Gasteiger partial charge in [-0.3, -0.25) is 4.68 Å². The van der Waals surface area contributed by atoms with Crippen molar-refractivity contribution >= 4 is 17.3 Å². The van der Waals surface area contributed by atoms with E-state index in [2.05, 4.69) is 20.6 Å². The minimum atomic E-state index is 0.460. The second-order valence-electron chi connectivity index (χ2n) is 3.97. The fraction of sp³-hybridized carbons (Fsp3) is 0.0909. The first-order chi connectivity index (χ1) is 9.16. The molecule has 7 nitrogen and oxygen atoms in total. The van der Waals surface area contributed by atoms with Gasteiger partial charge in [0, 0.05) is 25.0 Å². The molecule has 3 rings (SSSR count). The number of benzene rings is 1. The zero-order valence-electron chi connectivity index (χ0n) is 10.0. The highest BCUT2D eigenvalue weighted by Gasteiger charge is 2.17. The van der Waals surface area contributed by atoms with Crippen molar-refractivity contribution in [3.05, 3.63) is 35.5 Å². The van der Waals surface area contributed by atoms with Crippen molar-refractivity contribution in [2.75, 3.05) is 5.73 Å². The summed E-state index contributed by atoms with van der Waals surface area (Å²) in [4.78, 5) is 0. The van der Waals surface area contributed by atoms with Gasteiger partial charge >= 0.3 is 0 Å². The van der Waals surface area contributed by atoms with Crippen LogP contribution in [0.3, 0.4) is 0 Å². The Labute approximate surface area is 113 Å². The average Bonchev–Trinajstić information content (AvgIpc) is 2.97. The molecule has 0 aliphatic carbocycles. The van der Waals surface area contributed by atoms with Crippen molar-refractivity contribution in [3.8, 4) is 17.2 Å². The van der Waals surface area contributed by atoms with Crippen molar-refractivity contribution in [2.45, 2.75) is 0 Å². The molecular formula is C11H10ClN7. The normalized spacial score (nSPS) is 10.8. The maximum atomic E-state index is 6.17. The van der Waals surface area contributed by atoms with E-state index in [4.69, 9.17) is 17.3 Å². The largest absolute Gasteiger partial charge is 0.398 e. The van der Waals surface area contributed by atoms with Gasteiger partial charge in [0.15, 0.2) is 11.6 Å². The van der Waals surface area contributed by atoms with E-state index in [1.807, 2.05) is 7.05 Å². The molecule has 0 aliphatic rings. The van der Waals surface area contributed by atoms with Gasteiger partial charge in [-0.15, -0.1) is 5.10 Å². The first-order valence-corrected chi connectivity index (χ1v) is 5.87. The molecule has 0 saturated carbocycles. The Kier molecular flexibility index (Phi) is 2.68. The van der Waals surface area contributed by atoms with E-state index in [0.717, 1.165) is 0 Å². The predicted molar refractivity (Wildman–Crippen MR) is 70.8 cm³/mol. The summed E-state index contributed by atoms with van der Waals surface area (Å²) in [7, 11) is 1.82. The Balaban J connectivity index is 2.20. The molecule has 96 valence electrons. The monoisotopic (exact) mass is 275 g/mol. The molecule has 2 heterocycles. The molecule has 8 heteroatoms. The Morgan fingerprint density at radius 2 is 2.11 bits per heavy atom. The van der Waals surface area contributed by atoms with Crippen molar-refractivity contribution in [2.24, 2.45) is 7.05 Å². The summed E-state index contributed by atoms with van der Waals surface area (Å²) in [5.41, 5.74) is 7.06. The lowest BCUT2D eigenvalue weighted by atomic mass is 10.1. The summed E-state index contributed by atoms with van der Waals surface area (Å²) in [6.07, 6.45) is 1.80. The summed E-state index contributed by atoms with van der Waals surface area (Å²) >= 11 is 6.17. The Bertz CT molecular complexity index is 710. The maximum absolute atomic E-state index is 6.17. The molecule has 0 atom stereocenters. The zero-order valence-corrected chi connectivity index (χ0v) is 10.8. The standard InChI is InChI=1S/C11H10ClN7/c1-18-6-5-9(15-18)19-11(14-16-17-19)10-7(12)3-2-4-8(10)13/h2-6H,13H2,1H3.